The highest BCUT2D eigenvalue weighted by Gasteiger charge is 2.24. The van der Waals surface area contributed by atoms with Crippen molar-refractivity contribution < 1.29 is 13.2 Å². The number of halogens is 3. The van der Waals surface area contributed by atoms with Gasteiger partial charge in [-0.1, -0.05) is 25.3 Å². The second-order valence-electron chi connectivity index (χ2n) is 6.77. The maximum Gasteiger partial charge on any atom is 0.182 e. The number of benzene rings is 1. The molecule has 1 aliphatic rings. The van der Waals surface area contributed by atoms with E-state index in [9.17, 15) is 13.2 Å². The van der Waals surface area contributed by atoms with Gasteiger partial charge in [0.15, 0.2) is 34.8 Å². The molecule has 0 bridgehead atoms. The van der Waals surface area contributed by atoms with Crippen molar-refractivity contribution in [1.29, 1.82) is 0 Å². The van der Waals surface area contributed by atoms with Gasteiger partial charge in [-0.3, -0.25) is 5.10 Å². The minimum atomic E-state index is -0.930. The van der Waals surface area contributed by atoms with Gasteiger partial charge in [-0.05, 0) is 30.5 Å². The lowest BCUT2D eigenvalue weighted by atomic mass is 9.83. The van der Waals surface area contributed by atoms with E-state index < -0.39 is 17.5 Å². The predicted molar refractivity (Wildman–Crippen MR) is 88.8 cm³/mol. The maximum absolute atomic E-state index is 14.3. The SMILES string of the molecule is Cc1[nH]nc(-c2nc(CC3CCC3)nn2Cc2ccc(F)c(F)c2)c1F. The smallest absolute Gasteiger partial charge is 0.182 e. The number of rotatable bonds is 5. The first-order valence-corrected chi connectivity index (χ1v) is 8.59. The van der Waals surface area contributed by atoms with E-state index >= 15 is 0 Å². The Hall–Kier alpha value is -2.64. The van der Waals surface area contributed by atoms with Crippen LogP contribution in [0, 0.1) is 30.3 Å². The summed E-state index contributed by atoms with van der Waals surface area (Å²) >= 11 is 0. The molecule has 0 aliphatic heterocycles. The van der Waals surface area contributed by atoms with Crippen LogP contribution >= 0.6 is 0 Å². The zero-order valence-corrected chi connectivity index (χ0v) is 14.3. The van der Waals surface area contributed by atoms with E-state index in [1.165, 1.54) is 17.2 Å². The lowest BCUT2D eigenvalue weighted by Crippen LogP contribution is -2.14. The van der Waals surface area contributed by atoms with Crippen LogP contribution in [0.5, 0.6) is 0 Å². The standard InChI is InChI=1S/C18H18F3N5/c1-10-16(21)17(24-23-10)18-22-15(8-11-3-2-4-11)25-26(18)9-12-5-6-13(19)14(20)7-12/h5-7,11H,2-4,8-9H2,1H3,(H,23,24). The van der Waals surface area contributed by atoms with Gasteiger partial charge in [-0.2, -0.15) is 10.2 Å². The Morgan fingerprint density at radius 2 is 2.00 bits per heavy atom. The normalized spacial score (nSPS) is 14.6. The van der Waals surface area contributed by atoms with E-state index in [2.05, 4.69) is 20.3 Å². The van der Waals surface area contributed by atoms with Crippen molar-refractivity contribution in [2.75, 3.05) is 0 Å². The molecule has 5 nitrogen and oxygen atoms in total. The lowest BCUT2D eigenvalue weighted by molar-refractivity contribution is 0.309. The first-order chi connectivity index (χ1) is 12.5. The van der Waals surface area contributed by atoms with Crippen LogP contribution in [-0.2, 0) is 13.0 Å². The van der Waals surface area contributed by atoms with Crippen LogP contribution in [-0.4, -0.2) is 25.0 Å². The average Bonchev–Trinajstić information content (AvgIpc) is 3.11. The zero-order valence-electron chi connectivity index (χ0n) is 14.3. The first kappa shape index (κ1) is 16.8. The molecule has 1 aliphatic carbocycles. The summed E-state index contributed by atoms with van der Waals surface area (Å²) in [5.74, 6) is -0.877. The molecule has 4 rings (SSSR count). The molecular weight excluding hydrogens is 343 g/mol. The van der Waals surface area contributed by atoms with E-state index in [4.69, 9.17) is 0 Å². The predicted octanol–water partition coefficient (Wildman–Crippen LogP) is 3.78. The van der Waals surface area contributed by atoms with Gasteiger partial charge in [-0.25, -0.2) is 22.8 Å². The summed E-state index contributed by atoms with van der Waals surface area (Å²) in [4.78, 5) is 4.47. The van der Waals surface area contributed by atoms with Gasteiger partial charge >= 0.3 is 0 Å². The molecule has 8 heteroatoms. The number of aromatic nitrogens is 5. The monoisotopic (exact) mass is 361 g/mol. The van der Waals surface area contributed by atoms with Crippen LogP contribution in [0.15, 0.2) is 18.2 Å². The third-order valence-electron chi connectivity index (χ3n) is 4.81. The fourth-order valence-electron chi connectivity index (χ4n) is 3.09. The van der Waals surface area contributed by atoms with Gasteiger partial charge in [0.05, 0.1) is 12.2 Å². The van der Waals surface area contributed by atoms with E-state index in [0.717, 1.165) is 31.4 Å². The summed E-state index contributed by atoms with van der Waals surface area (Å²) < 4.78 is 42.5. The van der Waals surface area contributed by atoms with Gasteiger partial charge < -0.3 is 0 Å². The number of H-pyrrole nitrogens is 1. The zero-order chi connectivity index (χ0) is 18.3. The second kappa shape index (κ2) is 6.59. The minimum Gasteiger partial charge on any atom is -0.279 e. The van der Waals surface area contributed by atoms with Crippen molar-refractivity contribution in [2.24, 2.45) is 5.92 Å². The van der Waals surface area contributed by atoms with Crippen LogP contribution in [0.2, 0.25) is 0 Å². The van der Waals surface area contributed by atoms with Crippen molar-refractivity contribution in [2.45, 2.75) is 39.2 Å². The topological polar surface area (TPSA) is 59.4 Å². The van der Waals surface area contributed by atoms with Crippen molar-refractivity contribution >= 4 is 0 Å². The van der Waals surface area contributed by atoms with Gasteiger partial charge in [0.1, 0.15) is 0 Å². The Morgan fingerprint density at radius 3 is 2.62 bits per heavy atom. The van der Waals surface area contributed by atoms with Crippen molar-refractivity contribution in [3.63, 3.8) is 0 Å². The fraction of sp³-hybridized carbons (Fsp3) is 0.389. The summed E-state index contributed by atoms with van der Waals surface area (Å²) in [6, 6.07) is 3.65. The molecule has 2 heterocycles. The van der Waals surface area contributed by atoms with E-state index in [1.54, 1.807) is 6.92 Å². The van der Waals surface area contributed by atoms with E-state index in [-0.39, 0.29) is 18.1 Å². The molecule has 0 amide bonds. The summed E-state index contributed by atoms with van der Waals surface area (Å²) in [5.41, 5.74) is 0.901. The molecule has 0 unspecified atom stereocenters. The molecule has 1 N–H and O–H groups in total. The summed E-state index contributed by atoms with van der Waals surface area (Å²) in [6.45, 7) is 1.73. The molecule has 3 aromatic rings. The average molecular weight is 361 g/mol. The molecule has 0 atom stereocenters. The van der Waals surface area contributed by atoms with Gasteiger partial charge in [0.25, 0.3) is 0 Å². The highest BCUT2D eigenvalue weighted by molar-refractivity contribution is 5.51. The Balaban J connectivity index is 1.70. The number of aromatic amines is 1. The second-order valence-corrected chi connectivity index (χ2v) is 6.77. The van der Waals surface area contributed by atoms with Crippen LogP contribution in [0.25, 0.3) is 11.5 Å². The highest BCUT2D eigenvalue weighted by Crippen LogP contribution is 2.30. The van der Waals surface area contributed by atoms with Crippen molar-refractivity contribution in [3.05, 3.63) is 52.7 Å². The Morgan fingerprint density at radius 1 is 1.19 bits per heavy atom. The number of aryl methyl sites for hydroxylation is 1. The van der Waals surface area contributed by atoms with Gasteiger partial charge in [0.2, 0.25) is 0 Å². The number of nitrogens with one attached hydrogen (secondary N) is 1. The summed E-state index contributed by atoms with van der Waals surface area (Å²) in [6.07, 6.45) is 4.22. The van der Waals surface area contributed by atoms with Crippen LogP contribution in [0.3, 0.4) is 0 Å². The van der Waals surface area contributed by atoms with Gasteiger partial charge in [-0.15, -0.1) is 0 Å². The molecule has 26 heavy (non-hydrogen) atoms. The number of hydrogen-bond donors (Lipinski definition) is 1. The first-order valence-electron chi connectivity index (χ1n) is 8.59. The summed E-state index contributed by atoms with van der Waals surface area (Å²) in [7, 11) is 0. The van der Waals surface area contributed by atoms with Crippen LogP contribution < -0.4 is 0 Å². The molecule has 0 spiro atoms. The molecule has 1 fully saturated rings. The third-order valence-corrected chi connectivity index (χ3v) is 4.81. The van der Waals surface area contributed by atoms with E-state index in [0.29, 0.717) is 23.0 Å². The molecule has 136 valence electrons. The molecule has 1 saturated carbocycles. The molecule has 2 aromatic heterocycles. The largest absolute Gasteiger partial charge is 0.279 e. The Labute approximate surface area is 148 Å². The number of hydrogen-bond acceptors (Lipinski definition) is 3. The molecular formula is C18H18F3N5. The number of nitrogens with zero attached hydrogens (tertiary/aromatic N) is 4. The Bertz CT molecular complexity index is 942. The van der Waals surface area contributed by atoms with Crippen molar-refractivity contribution in [1.82, 2.24) is 25.0 Å². The summed E-state index contributed by atoms with van der Waals surface area (Å²) in [5, 5.41) is 11.1. The quantitative estimate of drug-likeness (QED) is 0.752. The Kier molecular flexibility index (Phi) is 4.26. The van der Waals surface area contributed by atoms with Crippen LogP contribution in [0.1, 0.15) is 36.3 Å². The molecule has 1 aromatic carbocycles. The van der Waals surface area contributed by atoms with E-state index in [1.807, 2.05) is 0 Å². The van der Waals surface area contributed by atoms with Crippen molar-refractivity contribution in [3.8, 4) is 11.5 Å². The fourth-order valence-corrected chi connectivity index (χ4v) is 3.09. The third kappa shape index (κ3) is 3.11. The molecule has 0 saturated heterocycles. The molecule has 0 radical (unpaired) electrons. The lowest BCUT2D eigenvalue weighted by Gasteiger charge is -2.23. The van der Waals surface area contributed by atoms with Gasteiger partial charge in [0, 0.05) is 6.42 Å². The highest BCUT2D eigenvalue weighted by atomic mass is 19.2. The van der Waals surface area contributed by atoms with Crippen LogP contribution in [0.4, 0.5) is 13.2 Å². The minimum absolute atomic E-state index is 0.0810. The maximum atomic E-state index is 14.3.